The smallest absolute Gasteiger partial charge is 0.128 e. The van der Waals surface area contributed by atoms with Gasteiger partial charge >= 0.3 is 0 Å². The molecule has 2 fully saturated rings. The number of aromatic nitrogens is 1. The first-order valence-electron chi connectivity index (χ1n) is 6.86. The summed E-state index contributed by atoms with van der Waals surface area (Å²) in [5, 5.41) is 10.6. The summed E-state index contributed by atoms with van der Waals surface area (Å²) in [4.78, 5) is 6.66. The van der Waals surface area contributed by atoms with Gasteiger partial charge in [0, 0.05) is 19.0 Å². The second-order valence-electron chi connectivity index (χ2n) is 5.69. The molecule has 0 bridgehead atoms. The Morgan fingerprint density at radius 3 is 3.00 bits per heavy atom. The molecule has 1 aromatic rings. The lowest BCUT2D eigenvalue weighted by atomic mass is 9.71. The molecule has 1 aromatic heterocycles. The van der Waals surface area contributed by atoms with Crippen molar-refractivity contribution in [2.45, 2.75) is 37.7 Å². The van der Waals surface area contributed by atoms with Crippen molar-refractivity contribution in [3.8, 4) is 0 Å². The Bertz CT molecular complexity index is 420. The first kappa shape index (κ1) is 11.8. The van der Waals surface area contributed by atoms with Gasteiger partial charge in [-0.3, -0.25) is 0 Å². The minimum atomic E-state index is -0.414. The van der Waals surface area contributed by atoms with Crippen LogP contribution in [-0.2, 0) is 0 Å². The molecule has 0 aromatic carbocycles. The Morgan fingerprint density at radius 1 is 1.33 bits per heavy atom. The van der Waals surface area contributed by atoms with Gasteiger partial charge in [-0.25, -0.2) is 4.98 Å². The van der Waals surface area contributed by atoms with Gasteiger partial charge in [0.2, 0.25) is 0 Å². The third kappa shape index (κ3) is 2.05. The first-order valence-corrected chi connectivity index (χ1v) is 6.86. The summed E-state index contributed by atoms with van der Waals surface area (Å²) in [6, 6.07) is 3.87. The van der Waals surface area contributed by atoms with Gasteiger partial charge in [0.1, 0.15) is 5.82 Å². The fourth-order valence-electron chi connectivity index (χ4n) is 3.36. The number of piperidine rings is 1. The Labute approximate surface area is 108 Å². The molecule has 1 aliphatic carbocycles. The van der Waals surface area contributed by atoms with E-state index in [-0.39, 0.29) is 0 Å². The van der Waals surface area contributed by atoms with Crippen LogP contribution in [0, 0.1) is 5.92 Å². The maximum Gasteiger partial charge on any atom is 0.128 e. The van der Waals surface area contributed by atoms with Crippen LogP contribution in [0.1, 0.15) is 32.1 Å². The van der Waals surface area contributed by atoms with E-state index in [1.165, 1.54) is 12.8 Å². The first-order chi connectivity index (χ1) is 8.67. The maximum atomic E-state index is 10.6. The summed E-state index contributed by atoms with van der Waals surface area (Å²) in [7, 11) is 0. The van der Waals surface area contributed by atoms with Gasteiger partial charge in [-0.2, -0.15) is 0 Å². The molecule has 2 atom stereocenters. The summed E-state index contributed by atoms with van der Waals surface area (Å²) in [5.41, 5.74) is 5.95. The minimum Gasteiger partial charge on any atom is -0.397 e. The van der Waals surface area contributed by atoms with Crippen molar-refractivity contribution in [2.75, 3.05) is 23.7 Å². The van der Waals surface area contributed by atoms with Gasteiger partial charge in [-0.05, 0) is 31.4 Å². The second-order valence-corrected chi connectivity index (χ2v) is 5.69. The van der Waals surface area contributed by atoms with E-state index >= 15 is 0 Å². The monoisotopic (exact) mass is 247 g/mol. The number of pyridine rings is 1. The number of nitrogens with zero attached hydrogens (tertiary/aromatic N) is 2. The fourth-order valence-corrected chi connectivity index (χ4v) is 3.36. The van der Waals surface area contributed by atoms with Crippen LogP contribution in [0.25, 0.3) is 0 Å². The van der Waals surface area contributed by atoms with Crippen molar-refractivity contribution in [1.82, 2.24) is 4.98 Å². The summed E-state index contributed by atoms with van der Waals surface area (Å²) in [6.07, 6.45) is 7.10. The maximum absolute atomic E-state index is 10.6. The molecule has 1 aliphatic heterocycles. The highest BCUT2D eigenvalue weighted by Gasteiger charge is 2.42. The highest BCUT2D eigenvalue weighted by atomic mass is 16.3. The van der Waals surface area contributed by atoms with E-state index in [0.29, 0.717) is 11.6 Å². The largest absolute Gasteiger partial charge is 0.397 e. The van der Waals surface area contributed by atoms with Crippen molar-refractivity contribution in [1.29, 1.82) is 0 Å². The SMILES string of the molecule is Nc1ccc(N2CCC3(O)CCCCC3C2)nc1. The fraction of sp³-hybridized carbons (Fsp3) is 0.643. The lowest BCUT2D eigenvalue weighted by Gasteiger charge is -2.47. The number of nitrogen functional groups attached to an aromatic ring is 1. The minimum absolute atomic E-state index is 0.402. The van der Waals surface area contributed by atoms with Crippen molar-refractivity contribution in [3.63, 3.8) is 0 Å². The van der Waals surface area contributed by atoms with Crippen LogP contribution in [0.15, 0.2) is 18.3 Å². The Balaban J connectivity index is 1.75. The van der Waals surface area contributed by atoms with Crippen LogP contribution in [-0.4, -0.2) is 28.8 Å². The molecular formula is C14H21N3O. The number of nitrogens with two attached hydrogens (primary N) is 1. The zero-order valence-corrected chi connectivity index (χ0v) is 10.7. The molecule has 3 N–H and O–H groups in total. The summed E-state index contributed by atoms with van der Waals surface area (Å²) >= 11 is 0. The number of hydrogen-bond donors (Lipinski definition) is 2. The van der Waals surface area contributed by atoms with E-state index in [1.54, 1.807) is 6.20 Å². The molecule has 3 rings (SSSR count). The highest BCUT2D eigenvalue weighted by Crippen LogP contribution is 2.40. The van der Waals surface area contributed by atoms with E-state index in [4.69, 9.17) is 5.73 Å². The molecule has 1 saturated heterocycles. The molecule has 0 amide bonds. The summed E-state index contributed by atoms with van der Waals surface area (Å²) in [5.74, 6) is 1.39. The third-order valence-corrected chi connectivity index (χ3v) is 4.52. The van der Waals surface area contributed by atoms with E-state index in [9.17, 15) is 5.11 Å². The molecule has 4 heteroatoms. The van der Waals surface area contributed by atoms with Gasteiger partial charge in [0.05, 0.1) is 17.5 Å². The van der Waals surface area contributed by atoms with Crippen LogP contribution in [0.5, 0.6) is 0 Å². The summed E-state index contributed by atoms with van der Waals surface area (Å²) < 4.78 is 0. The molecule has 2 heterocycles. The van der Waals surface area contributed by atoms with Crippen LogP contribution in [0.3, 0.4) is 0 Å². The van der Waals surface area contributed by atoms with Crippen LogP contribution in [0.4, 0.5) is 11.5 Å². The lowest BCUT2D eigenvalue weighted by Crippen LogP contribution is -2.53. The molecule has 2 unspecified atom stereocenters. The van der Waals surface area contributed by atoms with E-state index in [0.717, 1.165) is 38.2 Å². The second kappa shape index (κ2) is 4.43. The van der Waals surface area contributed by atoms with Crippen LogP contribution >= 0.6 is 0 Å². The van der Waals surface area contributed by atoms with Crippen molar-refractivity contribution in [3.05, 3.63) is 18.3 Å². The molecular weight excluding hydrogens is 226 g/mol. The van der Waals surface area contributed by atoms with Gasteiger partial charge < -0.3 is 15.7 Å². The molecule has 0 spiro atoms. The lowest BCUT2D eigenvalue weighted by molar-refractivity contribution is -0.0613. The number of rotatable bonds is 1. The van der Waals surface area contributed by atoms with E-state index < -0.39 is 5.60 Å². The highest BCUT2D eigenvalue weighted by molar-refractivity contribution is 5.46. The van der Waals surface area contributed by atoms with Gasteiger partial charge in [0.15, 0.2) is 0 Å². The number of aliphatic hydroxyl groups is 1. The van der Waals surface area contributed by atoms with Gasteiger partial charge in [-0.15, -0.1) is 0 Å². The molecule has 98 valence electrons. The number of anilines is 2. The molecule has 4 nitrogen and oxygen atoms in total. The van der Waals surface area contributed by atoms with E-state index in [2.05, 4.69) is 9.88 Å². The van der Waals surface area contributed by atoms with Gasteiger partial charge in [-0.1, -0.05) is 12.8 Å². The average Bonchev–Trinajstić information content (AvgIpc) is 2.39. The van der Waals surface area contributed by atoms with Crippen molar-refractivity contribution in [2.24, 2.45) is 5.92 Å². The molecule has 18 heavy (non-hydrogen) atoms. The Hall–Kier alpha value is -1.29. The topological polar surface area (TPSA) is 62.4 Å². The quantitative estimate of drug-likeness (QED) is 0.794. The average molecular weight is 247 g/mol. The predicted octanol–water partition coefficient (Wildman–Crippen LogP) is 1.80. The number of hydrogen-bond acceptors (Lipinski definition) is 4. The summed E-state index contributed by atoms with van der Waals surface area (Å²) in [6.45, 7) is 1.82. The normalized spacial score (nSPS) is 32.1. The van der Waals surface area contributed by atoms with E-state index in [1.807, 2.05) is 12.1 Å². The van der Waals surface area contributed by atoms with Crippen LogP contribution in [0.2, 0.25) is 0 Å². The predicted molar refractivity (Wildman–Crippen MR) is 72.4 cm³/mol. The Morgan fingerprint density at radius 2 is 2.22 bits per heavy atom. The number of fused-ring (bicyclic) bond motifs is 1. The molecule has 0 radical (unpaired) electrons. The van der Waals surface area contributed by atoms with Gasteiger partial charge in [0.25, 0.3) is 0 Å². The zero-order valence-electron chi connectivity index (χ0n) is 10.7. The standard InChI is InChI=1S/C14H21N3O/c15-12-4-5-13(16-9-12)17-8-7-14(18)6-2-1-3-11(14)10-17/h4-5,9,11,18H,1-3,6-8,10,15H2. The molecule has 2 aliphatic rings. The zero-order chi connectivity index (χ0) is 12.6. The van der Waals surface area contributed by atoms with Crippen molar-refractivity contribution < 1.29 is 5.11 Å². The van der Waals surface area contributed by atoms with Crippen molar-refractivity contribution >= 4 is 11.5 Å². The Kier molecular flexibility index (Phi) is 2.90. The van der Waals surface area contributed by atoms with Crippen LogP contribution < -0.4 is 10.6 Å². The molecule has 1 saturated carbocycles. The third-order valence-electron chi connectivity index (χ3n) is 4.52.